The molecule has 5 heteroatoms. The molecule has 0 N–H and O–H groups in total. The summed E-state index contributed by atoms with van der Waals surface area (Å²) in [5.74, 6) is 0. The van der Waals surface area contributed by atoms with E-state index in [4.69, 9.17) is 34.8 Å². The molecule has 0 saturated carbocycles. The Bertz CT molecular complexity index is 329. The minimum atomic E-state index is -0.534. The standard InChI is InChI=1S/C7H3Cl3OS/c8-5(11)2-1-4-3-12-7(10)6(4)9/h1-3H. The molecule has 0 aromatic carbocycles. The van der Waals surface area contributed by atoms with Gasteiger partial charge in [0.15, 0.2) is 0 Å². The molecule has 0 aliphatic heterocycles. The Kier molecular flexibility index (Phi) is 3.59. The molecule has 0 atom stereocenters. The summed E-state index contributed by atoms with van der Waals surface area (Å²) >= 11 is 17.8. The topological polar surface area (TPSA) is 17.1 Å². The zero-order chi connectivity index (χ0) is 9.14. The van der Waals surface area contributed by atoms with Gasteiger partial charge in [0.05, 0.1) is 5.02 Å². The molecule has 0 spiro atoms. The van der Waals surface area contributed by atoms with Crippen molar-refractivity contribution >= 4 is 57.5 Å². The largest absolute Gasteiger partial charge is 0.276 e. The number of carbonyl (C=O) groups is 1. The van der Waals surface area contributed by atoms with Crippen molar-refractivity contribution in [3.05, 3.63) is 26.4 Å². The predicted molar refractivity (Wildman–Crippen MR) is 54.2 cm³/mol. The number of halogens is 3. The first-order valence-corrected chi connectivity index (χ1v) is 4.92. The molecule has 0 fully saturated rings. The lowest BCUT2D eigenvalue weighted by Gasteiger charge is -1.86. The number of hydrogen-bond acceptors (Lipinski definition) is 2. The first kappa shape index (κ1) is 10.1. The van der Waals surface area contributed by atoms with E-state index in [2.05, 4.69) is 0 Å². The summed E-state index contributed by atoms with van der Waals surface area (Å²) in [6.45, 7) is 0. The molecule has 1 heterocycles. The van der Waals surface area contributed by atoms with Gasteiger partial charge >= 0.3 is 0 Å². The third kappa shape index (κ3) is 2.49. The van der Waals surface area contributed by atoms with Gasteiger partial charge in [0.2, 0.25) is 5.24 Å². The van der Waals surface area contributed by atoms with Crippen LogP contribution in [0, 0.1) is 0 Å². The van der Waals surface area contributed by atoms with Crippen molar-refractivity contribution in [2.75, 3.05) is 0 Å². The average Bonchev–Trinajstić information content (AvgIpc) is 2.30. The summed E-state index contributed by atoms with van der Waals surface area (Å²) in [7, 11) is 0. The molecule has 0 radical (unpaired) electrons. The van der Waals surface area contributed by atoms with Crippen molar-refractivity contribution in [2.24, 2.45) is 0 Å². The SMILES string of the molecule is O=C(Cl)C=Cc1csc(Cl)c1Cl. The van der Waals surface area contributed by atoms with Gasteiger partial charge in [-0.2, -0.15) is 0 Å². The molecule has 1 rings (SSSR count). The van der Waals surface area contributed by atoms with Crippen LogP contribution in [0.4, 0.5) is 0 Å². The van der Waals surface area contributed by atoms with Gasteiger partial charge in [-0.05, 0) is 23.8 Å². The van der Waals surface area contributed by atoms with Gasteiger partial charge in [-0.3, -0.25) is 4.79 Å². The maximum absolute atomic E-state index is 10.3. The number of rotatable bonds is 2. The highest BCUT2D eigenvalue weighted by molar-refractivity contribution is 7.15. The van der Waals surface area contributed by atoms with Crippen molar-refractivity contribution < 1.29 is 4.79 Å². The van der Waals surface area contributed by atoms with Crippen LogP contribution in [0.15, 0.2) is 11.5 Å². The highest BCUT2D eigenvalue weighted by Gasteiger charge is 2.04. The van der Waals surface area contributed by atoms with E-state index in [1.165, 1.54) is 23.5 Å². The summed E-state index contributed by atoms with van der Waals surface area (Å²) in [5, 5.41) is 1.67. The molecular weight excluding hydrogens is 239 g/mol. The molecule has 12 heavy (non-hydrogen) atoms. The Balaban J connectivity index is 2.90. The second-order valence-electron chi connectivity index (χ2n) is 1.92. The monoisotopic (exact) mass is 240 g/mol. The second kappa shape index (κ2) is 4.28. The summed E-state index contributed by atoms with van der Waals surface area (Å²) in [4.78, 5) is 10.3. The predicted octanol–water partition coefficient (Wildman–Crippen LogP) is 3.83. The van der Waals surface area contributed by atoms with Gasteiger partial charge < -0.3 is 0 Å². The lowest BCUT2D eigenvalue weighted by molar-refractivity contribution is -0.107. The molecular formula is C7H3Cl3OS. The molecule has 1 aromatic rings. The summed E-state index contributed by atoms with van der Waals surface area (Å²) < 4.78 is 0.512. The number of hydrogen-bond donors (Lipinski definition) is 0. The van der Waals surface area contributed by atoms with Crippen molar-refractivity contribution in [3.8, 4) is 0 Å². The Morgan fingerprint density at radius 3 is 2.58 bits per heavy atom. The van der Waals surface area contributed by atoms with Gasteiger partial charge in [0.25, 0.3) is 0 Å². The Hall–Kier alpha value is -0.0200. The van der Waals surface area contributed by atoms with Crippen LogP contribution in [0.5, 0.6) is 0 Å². The maximum Gasteiger partial charge on any atom is 0.245 e. The van der Waals surface area contributed by atoms with E-state index in [1.54, 1.807) is 5.38 Å². The summed E-state index contributed by atoms with van der Waals surface area (Å²) in [5.41, 5.74) is 0.709. The van der Waals surface area contributed by atoms with E-state index >= 15 is 0 Å². The minimum absolute atomic E-state index is 0.454. The quantitative estimate of drug-likeness (QED) is 0.568. The molecule has 0 aliphatic rings. The van der Waals surface area contributed by atoms with Crippen LogP contribution in [-0.2, 0) is 4.79 Å². The van der Waals surface area contributed by atoms with E-state index < -0.39 is 5.24 Å². The van der Waals surface area contributed by atoms with Crippen molar-refractivity contribution in [3.63, 3.8) is 0 Å². The van der Waals surface area contributed by atoms with E-state index in [0.717, 1.165) is 0 Å². The second-order valence-corrected chi connectivity index (χ2v) is 4.15. The van der Waals surface area contributed by atoms with Gasteiger partial charge in [0.1, 0.15) is 4.34 Å². The van der Waals surface area contributed by atoms with Crippen LogP contribution in [0.1, 0.15) is 5.56 Å². The van der Waals surface area contributed by atoms with Gasteiger partial charge in [-0.15, -0.1) is 11.3 Å². The van der Waals surface area contributed by atoms with E-state index in [-0.39, 0.29) is 0 Å². The zero-order valence-corrected chi connectivity index (χ0v) is 8.77. The van der Waals surface area contributed by atoms with Crippen LogP contribution in [-0.4, -0.2) is 5.24 Å². The molecule has 1 aromatic heterocycles. The van der Waals surface area contributed by atoms with E-state index in [9.17, 15) is 4.79 Å². The van der Waals surface area contributed by atoms with Gasteiger partial charge in [0, 0.05) is 10.9 Å². The molecule has 1 nitrogen and oxygen atoms in total. The third-order valence-corrected chi connectivity index (χ3v) is 3.09. The number of carbonyl (C=O) groups excluding carboxylic acids is 1. The first-order chi connectivity index (χ1) is 5.61. The average molecular weight is 242 g/mol. The van der Waals surface area contributed by atoms with Gasteiger partial charge in [-0.25, -0.2) is 0 Å². The fraction of sp³-hybridized carbons (Fsp3) is 0. The molecule has 0 saturated heterocycles. The van der Waals surface area contributed by atoms with Crippen LogP contribution in [0.3, 0.4) is 0 Å². The molecule has 0 aliphatic carbocycles. The highest BCUT2D eigenvalue weighted by Crippen LogP contribution is 2.32. The van der Waals surface area contributed by atoms with Gasteiger partial charge in [-0.1, -0.05) is 23.2 Å². The van der Waals surface area contributed by atoms with E-state index in [0.29, 0.717) is 14.9 Å². The van der Waals surface area contributed by atoms with Crippen molar-refractivity contribution in [2.45, 2.75) is 0 Å². The number of allylic oxidation sites excluding steroid dienone is 1. The van der Waals surface area contributed by atoms with Crippen molar-refractivity contribution in [1.82, 2.24) is 0 Å². The Labute approximate surface area is 88.5 Å². The number of thiophene rings is 1. The molecule has 0 amide bonds. The molecule has 0 bridgehead atoms. The summed E-state index contributed by atoms with van der Waals surface area (Å²) in [6, 6.07) is 0. The minimum Gasteiger partial charge on any atom is -0.276 e. The lowest BCUT2D eigenvalue weighted by atomic mass is 10.3. The Morgan fingerprint density at radius 1 is 1.50 bits per heavy atom. The first-order valence-electron chi connectivity index (χ1n) is 2.91. The Morgan fingerprint density at radius 2 is 2.17 bits per heavy atom. The fourth-order valence-corrected chi connectivity index (χ4v) is 1.87. The van der Waals surface area contributed by atoms with Crippen molar-refractivity contribution in [1.29, 1.82) is 0 Å². The molecule has 64 valence electrons. The maximum atomic E-state index is 10.3. The highest BCUT2D eigenvalue weighted by atomic mass is 35.5. The lowest BCUT2D eigenvalue weighted by Crippen LogP contribution is -1.74. The fourth-order valence-electron chi connectivity index (χ4n) is 0.600. The van der Waals surface area contributed by atoms with Crippen LogP contribution < -0.4 is 0 Å². The third-order valence-electron chi connectivity index (χ3n) is 1.11. The van der Waals surface area contributed by atoms with Crippen LogP contribution >= 0.6 is 46.1 Å². The molecule has 0 unspecified atom stereocenters. The van der Waals surface area contributed by atoms with Crippen LogP contribution in [0.25, 0.3) is 6.08 Å². The smallest absolute Gasteiger partial charge is 0.245 e. The van der Waals surface area contributed by atoms with Crippen LogP contribution in [0.2, 0.25) is 9.36 Å². The van der Waals surface area contributed by atoms with E-state index in [1.807, 2.05) is 0 Å². The summed E-state index contributed by atoms with van der Waals surface area (Å²) in [6.07, 6.45) is 2.76. The zero-order valence-electron chi connectivity index (χ0n) is 5.68. The normalized spacial score (nSPS) is 10.9.